The first-order chi connectivity index (χ1) is 10.8. The van der Waals surface area contributed by atoms with E-state index in [1.807, 2.05) is 4.90 Å². The van der Waals surface area contributed by atoms with Gasteiger partial charge in [0.1, 0.15) is 6.04 Å². The van der Waals surface area contributed by atoms with Crippen LogP contribution in [0.5, 0.6) is 0 Å². The van der Waals surface area contributed by atoms with Gasteiger partial charge in [0.25, 0.3) is 0 Å². The maximum Gasteiger partial charge on any atom is 0.405 e. The fraction of sp³-hybridized carbons (Fsp3) is 0.882. The topological polar surface area (TPSA) is 72.9 Å². The van der Waals surface area contributed by atoms with Crippen molar-refractivity contribution >= 4 is 12.0 Å². The summed E-state index contributed by atoms with van der Waals surface area (Å²) in [5.41, 5.74) is 0. The zero-order valence-electron chi connectivity index (χ0n) is 14.8. The van der Waals surface area contributed by atoms with Crippen LogP contribution < -0.4 is 5.32 Å². The molecule has 2 fully saturated rings. The van der Waals surface area contributed by atoms with Crippen LogP contribution in [0.1, 0.15) is 52.9 Å². The number of hydrogen-bond donors (Lipinski definition) is 2. The van der Waals surface area contributed by atoms with E-state index in [1.54, 1.807) is 0 Å². The standard InChI is InChI=1S/C17H31N3O3/c1-5-12-10-13(19(4)11(2)3)6-7-15(12)20-9-8-14(16(20)21)18-17(22)23/h11-15,18H,5-10H2,1-4H3,(H,22,23)/t12-,13+,14-,15-/m0/s1. The van der Waals surface area contributed by atoms with Crippen LogP contribution >= 0.6 is 0 Å². The fourth-order valence-corrected chi connectivity index (χ4v) is 4.18. The normalized spacial score (nSPS) is 31.9. The number of likely N-dealkylation sites (tertiary alicyclic amines) is 1. The summed E-state index contributed by atoms with van der Waals surface area (Å²) in [4.78, 5) is 27.7. The number of rotatable bonds is 5. The van der Waals surface area contributed by atoms with Gasteiger partial charge in [-0.25, -0.2) is 4.79 Å². The third-order valence-electron chi connectivity index (χ3n) is 5.77. The Kier molecular flexibility index (Phi) is 5.89. The van der Waals surface area contributed by atoms with Crippen molar-refractivity contribution in [3.05, 3.63) is 0 Å². The predicted molar refractivity (Wildman–Crippen MR) is 89.4 cm³/mol. The Balaban J connectivity index is 2.01. The lowest BCUT2D eigenvalue weighted by atomic mass is 9.78. The van der Waals surface area contributed by atoms with Crippen LogP contribution in [0.25, 0.3) is 0 Å². The van der Waals surface area contributed by atoms with E-state index in [0.29, 0.717) is 31.0 Å². The third-order valence-corrected chi connectivity index (χ3v) is 5.77. The summed E-state index contributed by atoms with van der Waals surface area (Å²) >= 11 is 0. The van der Waals surface area contributed by atoms with Crippen molar-refractivity contribution in [2.75, 3.05) is 13.6 Å². The minimum absolute atomic E-state index is 0.0356. The van der Waals surface area contributed by atoms with Crippen molar-refractivity contribution < 1.29 is 14.7 Å². The zero-order valence-corrected chi connectivity index (χ0v) is 14.8. The van der Waals surface area contributed by atoms with Crippen molar-refractivity contribution in [2.45, 2.75) is 77.0 Å². The molecule has 2 N–H and O–H groups in total. The van der Waals surface area contributed by atoms with Gasteiger partial charge in [-0.1, -0.05) is 13.3 Å². The van der Waals surface area contributed by atoms with Gasteiger partial charge in [0, 0.05) is 24.7 Å². The van der Waals surface area contributed by atoms with E-state index >= 15 is 0 Å². The first-order valence-electron chi connectivity index (χ1n) is 8.87. The van der Waals surface area contributed by atoms with Gasteiger partial charge in [-0.2, -0.15) is 0 Å². The lowest BCUT2D eigenvalue weighted by Gasteiger charge is -2.44. The van der Waals surface area contributed by atoms with Crippen LogP contribution in [0.2, 0.25) is 0 Å². The van der Waals surface area contributed by atoms with E-state index in [0.717, 1.165) is 25.7 Å². The van der Waals surface area contributed by atoms with E-state index in [4.69, 9.17) is 5.11 Å². The Morgan fingerprint density at radius 3 is 2.65 bits per heavy atom. The summed E-state index contributed by atoms with van der Waals surface area (Å²) < 4.78 is 0. The molecule has 0 unspecified atom stereocenters. The van der Waals surface area contributed by atoms with E-state index in [9.17, 15) is 9.59 Å². The summed E-state index contributed by atoms with van der Waals surface area (Å²) in [5, 5.41) is 11.2. The van der Waals surface area contributed by atoms with Crippen LogP contribution in [0.15, 0.2) is 0 Å². The molecule has 0 spiro atoms. The molecule has 132 valence electrons. The van der Waals surface area contributed by atoms with Gasteiger partial charge in [0.05, 0.1) is 0 Å². The molecule has 0 aromatic carbocycles. The molecule has 0 bridgehead atoms. The average Bonchev–Trinajstić information content (AvgIpc) is 2.86. The molecule has 2 amide bonds. The molecule has 0 radical (unpaired) electrons. The highest BCUT2D eigenvalue weighted by Gasteiger charge is 2.42. The number of nitrogens with one attached hydrogen (secondary N) is 1. The quantitative estimate of drug-likeness (QED) is 0.812. The van der Waals surface area contributed by atoms with Crippen molar-refractivity contribution in [1.29, 1.82) is 0 Å². The molecular weight excluding hydrogens is 294 g/mol. The van der Waals surface area contributed by atoms with Crippen LogP contribution in [0.3, 0.4) is 0 Å². The maximum absolute atomic E-state index is 12.5. The van der Waals surface area contributed by atoms with Gasteiger partial charge < -0.3 is 20.2 Å². The van der Waals surface area contributed by atoms with Crippen LogP contribution in [0.4, 0.5) is 4.79 Å². The number of nitrogens with zero attached hydrogens (tertiary/aromatic N) is 2. The molecule has 0 aromatic heterocycles. The van der Waals surface area contributed by atoms with Crippen molar-refractivity contribution in [3.63, 3.8) is 0 Å². The first kappa shape index (κ1) is 18.0. The van der Waals surface area contributed by atoms with Gasteiger partial charge in [0.2, 0.25) is 5.91 Å². The number of amides is 2. The monoisotopic (exact) mass is 325 g/mol. The molecule has 0 aromatic rings. The van der Waals surface area contributed by atoms with Crippen LogP contribution in [0, 0.1) is 5.92 Å². The average molecular weight is 325 g/mol. The Bertz CT molecular complexity index is 441. The van der Waals surface area contributed by atoms with Crippen LogP contribution in [-0.4, -0.2) is 64.7 Å². The fourth-order valence-electron chi connectivity index (χ4n) is 4.18. The molecule has 1 saturated carbocycles. The van der Waals surface area contributed by atoms with E-state index in [1.165, 1.54) is 0 Å². The Morgan fingerprint density at radius 2 is 2.09 bits per heavy atom. The highest BCUT2D eigenvalue weighted by Crippen LogP contribution is 2.35. The first-order valence-corrected chi connectivity index (χ1v) is 8.87. The molecule has 2 aliphatic rings. The number of hydrogen-bond acceptors (Lipinski definition) is 3. The second kappa shape index (κ2) is 7.51. The second-order valence-corrected chi connectivity index (χ2v) is 7.28. The Morgan fingerprint density at radius 1 is 1.39 bits per heavy atom. The summed E-state index contributed by atoms with van der Waals surface area (Å²) in [6.45, 7) is 7.32. The lowest BCUT2D eigenvalue weighted by molar-refractivity contribution is -0.133. The van der Waals surface area contributed by atoms with Crippen molar-refractivity contribution in [3.8, 4) is 0 Å². The lowest BCUT2D eigenvalue weighted by Crippen LogP contribution is -2.51. The van der Waals surface area contributed by atoms with Gasteiger partial charge in [0.15, 0.2) is 0 Å². The van der Waals surface area contributed by atoms with Crippen LogP contribution in [-0.2, 0) is 4.79 Å². The van der Waals surface area contributed by atoms with Gasteiger partial charge in [-0.3, -0.25) is 4.79 Å². The minimum atomic E-state index is -1.11. The van der Waals surface area contributed by atoms with Crippen molar-refractivity contribution in [2.24, 2.45) is 5.92 Å². The Labute approximate surface area is 139 Å². The zero-order chi connectivity index (χ0) is 17.1. The third kappa shape index (κ3) is 3.97. The SMILES string of the molecule is CC[C@H]1C[C@H](N(C)C(C)C)CC[C@@H]1N1CC[C@H](NC(=O)O)C1=O. The molecule has 2 rings (SSSR count). The summed E-state index contributed by atoms with van der Waals surface area (Å²) in [6, 6.07) is 0.833. The van der Waals surface area contributed by atoms with E-state index < -0.39 is 12.1 Å². The number of carbonyl (C=O) groups is 2. The van der Waals surface area contributed by atoms with E-state index in [2.05, 4.69) is 38.0 Å². The highest BCUT2D eigenvalue weighted by molar-refractivity contribution is 5.87. The molecule has 1 heterocycles. The van der Waals surface area contributed by atoms with E-state index in [-0.39, 0.29) is 11.9 Å². The highest BCUT2D eigenvalue weighted by atomic mass is 16.4. The molecule has 6 heteroatoms. The Hall–Kier alpha value is -1.30. The largest absolute Gasteiger partial charge is 0.465 e. The minimum Gasteiger partial charge on any atom is -0.465 e. The molecule has 1 saturated heterocycles. The smallest absolute Gasteiger partial charge is 0.405 e. The summed E-state index contributed by atoms with van der Waals surface area (Å²) in [6.07, 6.45) is 3.79. The maximum atomic E-state index is 12.5. The number of carboxylic acid groups (broad SMARTS) is 1. The molecule has 4 atom stereocenters. The van der Waals surface area contributed by atoms with Crippen molar-refractivity contribution in [1.82, 2.24) is 15.1 Å². The molecule has 1 aliphatic carbocycles. The molecule has 6 nitrogen and oxygen atoms in total. The van der Waals surface area contributed by atoms with Gasteiger partial charge in [-0.15, -0.1) is 0 Å². The van der Waals surface area contributed by atoms with Gasteiger partial charge in [-0.05, 0) is 52.5 Å². The predicted octanol–water partition coefficient (Wildman–Crippen LogP) is 2.14. The number of carbonyl (C=O) groups excluding carboxylic acids is 1. The summed E-state index contributed by atoms with van der Waals surface area (Å²) in [5.74, 6) is 0.467. The summed E-state index contributed by atoms with van der Waals surface area (Å²) in [7, 11) is 2.19. The molecule has 1 aliphatic heterocycles. The molecular formula is C17H31N3O3. The molecule has 23 heavy (non-hydrogen) atoms. The second-order valence-electron chi connectivity index (χ2n) is 7.28. The van der Waals surface area contributed by atoms with Gasteiger partial charge >= 0.3 is 6.09 Å².